The Balaban J connectivity index is 0.00000392. The van der Waals surface area contributed by atoms with Crippen LogP contribution in [0.25, 0.3) is 0 Å². The lowest BCUT2D eigenvalue weighted by Gasteiger charge is -2.32. The molecule has 1 amide bonds. The zero-order valence-corrected chi connectivity index (χ0v) is 19.4. The minimum atomic E-state index is -0.190. The summed E-state index contributed by atoms with van der Waals surface area (Å²) in [4.78, 5) is 22.9. The van der Waals surface area contributed by atoms with Crippen molar-refractivity contribution in [3.05, 3.63) is 23.9 Å². The SMILES string of the molecule is CCCCCNC(=NCc1cccnc1N1CCC(C(N)=O)CC1)NCC.I. The van der Waals surface area contributed by atoms with Gasteiger partial charge in [0.1, 0.15) is 5.82 Å². The van der Waals surface area contributed by atoms with Crippen LogP contribution in [0.15, 0.2) is 23.3 Å². The van der Waals surface area contributed by atoms with Gasteiger partial charge in [0.25, 0.3) is 0 Å². The molecule has 0 saturated carbocycles. The van der Waals surface area contributed by atoms with Gasteiger partial charge >= 0.3 is 0 Å². The number of carbonyl (C=O) groups is 1. The standard InChI is InChI=1S/C20H34N6O.HI/c1-3-5-6-11-24-20(22-4-2)25-15-17-8-7-12-23-19(17)26-13-9-16(10-14-26)18(21)27;/h7-8,12,16H,3-6,9-11,13-15H2,1-2H3,(H2,21,27)(H2,22,24,25);1H. The second kappa shape index (κ2) is 13.6. The molecule has 28 heavy (non-hydrogen) atoms. The first-order valence-corrected chi connectivity index (χ1v) is 10.2. The molecule has 2 heterocycles. The number of hydrogen-bond acceptors (Lipinski definition) is 4. The third-order valence-corrected chi connectivity index (χ3v) is 4.89. The van der Waals surface area contributed by atoms with Crippen molar-refractivity contribution in [2.45, 2.75) is 52.5 Å². The third-order valence-electron chi connectivity index (χ3n) is 4.89. The normalized spacial score (nSPS) is 15.1. The van der Waals surface area contributed by atoms with Gasteiger partial charge in [0.15, 0.2) is 5.96 Å². The monoisotopic (exact) mass is 502 g/mol. The van der Waals surface area contributed by atoms with Gasteiger partial charge in [-0.2, -0.15) is 0 Å². The highest BCUT2D eigenvalue weighted by molar-refractivity contribution is 14.0. The number of rotatable bonds is 9. The van der Waals surface area contributed by atoms with E-state index < -0.39 is 0 Å². The first-order valence-electron chi connectivity index (χ1n) is 10.2. The van der Waals surface area contributed by atoms with Crippen LogP contribution in [-0.4, -0.2) is 43.0 Å². The fraction of sp³-hybridized carbons (Fsp3) is 0.650. The average Bonchev–Trinajstić information content (AvgIpc) is 2.69. The Morgan fingerprint density at radius 2 is 2.04 bits per heavy atom. The van der Waals surface area contributed by atoms with Crippen molar-refractivity contribution in [1.82, 2.24) is 15.6 Å². The van der Waals surface area contributed by atoms with E-state index in [1.165, 1.54) is 12.8 Å². The molecular formula is C20H35IN6O. The van der Waals surface area contributed by atoms with Gasteiger partial charge < -0.3 is 21.3 Å². The lowest BCUT2D eigenvalue weighted by molar-refractivity contribution is -0.122. The fourth-order valence-corrected chi connectivity index (χ4v) is 3.30. The summed E-state index contributed by atoms with van der Waals surface area (Å²) < 4.78 is 0. The van der Waals surface area contributed by atoms with Crippen LogP contribution in [0, 0.1) is 5.92 Å². The molecule has 158 valence electrons. The van der Waals surface area contributed by atoms with E-state index in [1.54, 1.807) is 0 Å². The van der Waals surface area contributed by atoms with Crippen LogP contribution < -0.4 is 21.3 Å². The van der Waals surface area contributed by atoms with E-state index in [-0.39, 0.29) is 35.8 Å². The van der Waals surface area contributed by atoms with Crippen molar-refractivity contribution < 1.29 is 4.79 Å². The van der Waals surface area contributed by atoms with E-state index >= 15 is 0 Å². The van der Waals surface area contributed by atoms with Crippen LogP contribution in [0.5, 0.6) is 0 Å². The van der Waals surface area contributed by atoms with Gasteiger partial charge in [0.05, 0.1) is 6.54 Å². The molecule has 1 aliphatic rings. The quantitative estimate of drug-likeness (QED) is 0.209. The number of piperidine rings is 1. The molecule has 4 N–H and O–H groups in total. The van der Waals surface area contributed by atoms with E-state index in [1.807, 2.05) is 12.3 Å². The second-order valence-electron chi connectivity index (χ2n) is 6.98. The zero-order chi connectivity index (χ0) is 19.5. The van der Waals surface area contributed by atoms with Crippen LogP contribution in [0.4, 0.5) is 5.82 Å². The van der Waals surface area contributed by atoms with Gasteiger partial charge in [-0.15, -0.1) is 24.0 Å². The Morgan fingerprint density at radius 1 is 1.29 bits per heavy atom. The van der Waals surface area contributed by atoms with Crippen molar-refractivity contribution in [3.63, 3.8) is 0 Å². The maximum atomic E-state index is 11.4. The summed E-state index contributed by atoms with van der Waals surface area (Å²) in [6.45, 7) is 8.22. The Bertz CT molecular complexity index is 616. The van der Waals surface area contributed by atoms with Crippen LogP contribution in [0.2, 0.25) is 0 Å². The number of nitrogens with two attached hydrogens (primary N) is 1. The summed E-state index contributed by atoms with van der Waals surface area (Å²) in [7, 11) is 0. The number of amides is 1. The maximum absolute atomic E-state index is 11.4. The Morgan fingerprint density at radius 3 is 2.68 bits per heavy atom. The molecule has 0 spiro atoms. The van der Waals surface area contributed by atoms with E-state index in [9.17, 15) is 4.79 Å². The Kier molecular flexibility index (Phi) is 11.9. The molecule has 1 aromatic heterocycles. The van der Waals surface area contributed by atoms with Crippen molar-refractivity contribution in [2.75, 3.05) is 31.1 Å². The second-order valence-corrected chi connectivity index (χ2v) is 6.98. The molecule has 1 aromatic rings. The van der Waals surface area contributed by atoms with Crippen molar-refractivity contribution >= 4 is 41.7 Å². The molecule has 0 atom stereocenters. The minimum absolute atomic E-state index is 0. The third kappa shape index (κ3) is 7.81. The van der Waals surface area contributed by atoms with Gasteiger partial charge in [-0.25, -0.2) is 9.98 Å². The summed E-state index contributed by atoms with van der Waals surface area (Å²) in [5.74, 6) is 1.60. The first kappa shape index (κ1) is 24.5. The molecule has 2 rings (SSSR count). The lowest BCUT2D eigenvalue weighted by Crippen LogP contribution is -2.39. The number of pyridine rings is 1. The van der Waals surface area contributed by atoms with Crippen molar-refractivity contribution in [3.8, 4) is 0 Å². The highest BCUT2D eigenvalue weighted by atomic mass is 127. The molecule has 0 bridgehead atoms. The Hall–Kier alpha value is -1.58. The average molecular weight is 502 g/mol. The van der Waals surface area contributed by atoms with Gasteiger partial charge in [0, 0.05) is 43.9 Å². The molecule has 0 aromatic carbocycles. The van der Waals surface area contributed by atoms with Crippen LogP contribution >= 0.6 is 24.0 Å². The molecule has 7 nitrogen and oxygen atoms in total. The maximum Gasteiger partial charge on any atom is 0.220 e. The van der Waals surface area contributed by atoms with Gasteiger partial charge in [-0.1, -0.05) is 25.8 Å². The van der Waals surface area contributed by atoms with Crippen molar-refractivity contribution in [1.29, 1.82) is 0 Å². The van der Waals surface area contributed by atoms with Gasteiger partial charge in [-0.05, 0) is 32.3 Å². The molecule has 1 saturated heterocycles. The minimum Gasteiger partial charge on any atom is -0.369 e. The highest BCUT2D eigenvalue weighted by Crippen LogP contribution is 2.24. The number of aliphatic imine (C=N–C) groups is 1. The number of halogens is 1. The van der Waals surface area contributed by atoms with Crippen LogP contribution in [0.1, 0.15) is 51.5 Å². The summed E-state index contributed by atoms with van der Waals surface area (Å²) in [6, 6.07) is 4.03. The number of aromatic nitrogens is 1. The number of nitrogens with zero attached hydrogens (tertiary/aromatic N) is 3. The predicted octanol–water partition coefficient (Wildman–Crippen LogP) is 2.65. The number of unbranched alkanes of at least 4 members (excludes halogenated alkanes) is 2. The first-order chi connectivity index (χ1) is 13.2. The van der Waals surface area contributed by atoms with E-state index in [0.29, 0.717) is 6.54 Å². The van der Waals surface area contributed by atoms with E-state index in [2.05, 4.69) is 40.4 Å². The Labute approximate surface area is 186 Å². The number of primary amides is 1. The summed E-state index contributed by atoms with van der Waals surface area (Å²) in [5, 5.41) is 6.70. The summed E-state index contributed by atoms with van der Waals surface area (Å²) in [5.41, 5.74) is 6.54. The van der Waals surface area contributed by atoms with E-state index in [4.69, 9.17) is 10.7 Å². The van der Waals surface area contributed by atoms with Crippen LogP contribution in [0.3, 0.4) is 0 Å². The van der Waals surface area contributed by atoms with Gasteiger partial charge in [0.2, 0.25) is 5.91 Å². The van der Waals surface area contributed by atoms with Crippen LogP contribution in [-0.2, 0) is 11.3 Å². The number of carbonyl (C=O) groups excluding carboxylic acids is 1. The van der Waals surface area contributed by atoms with E-state index in [0.717, 1.165) is 62.8 Å². The molecule has 8 heteroatoms. The number of anilines is 1. The largest absolute Gasteiger partial charge is 0.369 e. The molecule has 0 unspecified atom stereocenters. The molecule has 1 fully saturated rings. The van der Waals surface area contributed by atoms with Gasteiger partial charge in [-0.3, -0.25) is 4.79 Å². The molecule has 0 aliphatic carbocycles. The number of guanidine groups is 1. The molecule has 0 radical (unpaired) electrons. The molecule has 1 aliphatic heterocycles. The number of nitrogens with one attached hydrogen (secondary N) is 2. The zero-order valence-electron chi connectivity index (χ0n) is 17.1. The summed E-state index contributed by atoms with van der Waals surface area (Å²) in [6.07, 6.45) is 6.97. The van der Waals surface area contributed by atoms with Crippen molar-refractivity contribution in [2.24, 2.45) is 16.6 Å². The lowest BCUT2D eigenvalue weighted by atomic mass is 9.96. The summed E-state index contributed by atoms with van der Waals surface area (Å²) >= 11 is 0. The predicted molar refractivity (Wildman–Crippen MR) is 126 cm³/mol. The smallest absolute Gasteiger partial charge is 0.220 e. The number of hydrogen-bond donors (Lipinski definition) is 3. The highest BCUT2D eigenvalue weighted by Gasteiger charge is 2.24. The fourth-order valence-electron chi connectivity index (χ4n) is 3.30. The topological polar surface area (TPSA) is 95.6 Å². The molecular weight excluding hydrogens is 467 g/mol.